The van der Waals surface area contributed by atoms with Gasteiger partial charge in [0.15, 0.2) is 0 Å². The Morgan fingerprint density at radius 2 is 2.10 bits per heavy atom. The fourth-order valence-electron chi connectivity index (χ4n) is 3.37. The maximum Gasteiger partial charge on any atom is 0.0223 e. The van der Waals surface area contributed by atoms with E-state index in [4.69, 9.17) is 5.73 Å². The third-order valence-electron chi connectivity index (χ3n) is 4.52. The van der Waals surface area contributed by atoms with E-state index < -0.39 is 0 Å². The van der Waals surface area contributed by atoms with Crippen molar-refractivity contribution >= 4 is 0 Å². The lowest BCUT2D eigenvalue weighted by molar-refractivity contribution is 0.193. The number of likely N-dealkylation sites (tertiary alicyclic amines) is 1. The van der Waals surface area contributed by atoms with Crippen molar-refractivity contribution in [2.24, 2.45) is 5.73 Å². The number of nitrogens with zero attached hydrogens (tertiary/aromatic N) is 2. The molecule has 2 N–H and O–H groups in total. The van der Waals surface area contributed by atoms with Gasteiger partial charge in [-0.3, -0.25) is 4.90 Å². The standard InChI is InChI=1S/C17H29N3/c1-3-20-11-7-10-17(20)14-19(2)13-16(12-18)15-8-5-4-6-9-15/h4-6,8-9,16-17H,3,7,10-14,18H2,1-2H3. The summed E-state index contributed by atoms with van der Waals surface area (Å²) in [6.07, 6.45) is 2.70. The first-order valence-electron chi connectivity index (χ1n) is 7.92. The molecule has 0 spiro atoms. The summed E-state index contributed by atoms with van der Waals surface area (Å²) >= 11 is 0. The van der Waals surface area contributed by atoms with E-state index in [0.29, 0.717) is 5.92 Å². The zero-order chi connectivity index (χ0) is 14.4. The summed E-state index contributed by atoms with van der Waals surface area (Å²) in [5.41, 5.74) is 7.34. The number of rotatable bonds is 7. The van der Waals surface area contributed by atoms with Crippen LogP contribution in [0.25, 0.3) is 0 Å². The lowest BCUT2D eigenvalue weighted by atomic mass is 9.98. The molecule has 1 aliphatic heterocycles. The Morgan fingerprint density at radius 3 is 2.75 bits per heavy atom. The molecule has 0 radical (unpaired) electrons. The second kappa shape index (κ2) is 7.77. The average Bonchev–Trinajstić information content (AvgIpc) is 2.92. The largest absolute Gasteiger partial charge is 0.330 e. The normalized spacial score (nSPS) is 21.5. The van der Waals surface area contributed by atoms with E-state index in [9.17, 15) is 0 Å². The second-order valence-electron chi connectivity index (χ2n) is 5.99. The van der Waals surface area contributed by atoms with Crippen LogP contribution in [-0.4, -0.2) is 55.6 Å². The average molecular weight is 275 g/mol. The van der Waals surface area contributed by atoms with E-state index in [1.54, 1.807) is 0 Å². The molecule has 112 valence electrons. The van der Waals surface area contributed by atoms with Gasteiger partial charge in [-0.2, -0.15) is 0 Å². The molecule has 1 aromatic carbocycles. The first-order valence-corrected chi connectivity index (χ1v) is 7.92. The molecule has 2 unspecified atom stereocenters. The summed E-state index contributed by atoms with van der Waals surface area (Å²) in [4.78, 5) is 5.07. The van der Waals surface area contributed by atoms with E-state index >= 15 is 0 Å². The zero-order valence-electron chi connectivity index (χ0n) is 13.0. The van der Waals surface area contributed by atoms with Crippen molar-refractivity contribution in [3.8, 4) is 0 Å². The van der Waals surface area contributed by atoms with E-state index in [-0.39, 0.29) is 0 Å². The van der Waals surface area contributed by atoms with E-state index in [2.05, 4.69) is 54.1 Å². The molecule has 0 bridgehead atoms. The van der Waals surface area contributed by atoms with Crippen molar-refractivity contribution in [3.05, 3.63) is 35.9 Å². The minimum atomic E-state index is 0.442. The molecule has 1 aromatic rings. The predicted molar refractivity (Wildman–Crippen MR) is 86.0 cm³/mol. The van der Waals surface area contributed by atoms with Gasteiger partial charge in [0.25, 0.3) is 0 Å². The van der Waals surface area contributed by atoms with Crippen LogP contribution in [0.4, 0.5) is 0 Å². The van der Waals surface area contributed by atoms with Crippen molar-refractivity contribution in [3.63, 3.8) is 0 Å². The summed E-state index contributed by atoms with van der Waals surface area (Å²) in [7, 11) is 2.23. The quantitative estimate of drug-likeness (QED) is 0.827. The maximum atomic E-state index is 5.98. The molecular weight excluding hydrogens is 246 g/mol. The van der Waals surface area contributed by atoms with Crippen LogP contribution in [0.1, 0.15) is 31.2 Å². The molecule has 1 fully saturated rings. The molecule has 20 heavy (non-hydrogen) atoms. The minimum Gasteiger partial charge on any atom is -0.330 e. The van der Waals surface area contributed by atoms with Crippen LogP contribution in [-0.2, 0) is 0 Å². The van der Waals surface area contributed by atoms with Crippen molar-refractivity contribution < 1.29 is 0 Å². The molecule has 3 nitrogen and oxygen atoms in total. The summed E-state index contributed by atoms with van der Waals surface area (Å²) in [5, 5.41) is 0. The zero-order valence-corrected chi connectivity index (χ0v) is 13.0. The third-order valence-corrected chi connectivity index (χ3v) is 4.52. The molecule has 0 amide bonds. The molecule has 0 aromatic heterocycles. The molecule has 0 saturated carbocycles. The van der Waals surface area contributed by atoms with Gasteiger partial charge in [-0.1, -0.05) is 37.3 Å². The van der Waals surface area contributed by atoms with Crippen molar-refractivity contribution in [1.29, 1.82) is 0 Å². The highest BCUT2D eigenvalue weighted by Crippen LogP contribution is 2.19. The Bertz CT molecular complexity index is 379. The molecule has 2 rings (SSSR count). The van der Waals surface area contributed by atoms with Crippen LogP contribution in [0, 0.1) is 0 Å². The monoisotopic (exact) mass is 275 g/mol. The fourth-order valence-corrected chi connectivity index (χ4v) is 3.37. The van der Waals surface area contributed by atoms with Crippen LogP contribution in [0.3, 0.4) is 0 Å². The van der Waals surface area contributed by atoms with Gasteiger partial charge in [0.05, 0.1) is 0 Å². The van der Waals surface area contributed by atoms with Crippen molar-refractivity contribution in [2.45, 2.75) is 31.7 Å². The molecule has 1 saturated heterocycles. The highest BCUT2D eigenvalue weighted by atomic mass is 15.2. The summed E-state index contributed by atoms with van der Waals surface area (Å²) in [6, 6.07) is 11.4. The molecule has 2 atom stereocenters. The first kappa shape index (κ1) is 15.5. The molecular formula is C17H29N3. The summed E-state index contributed by atoms with van der Waals surface area (Å²) < 4.78 is 0. The SMILES string of the molecule is CCN1CCCC1CN(C)CC(CN)c1ccccc1. The van der Waals surface area contributed by atoms with Gasteiger partial charge in [0.2, 0.25) is 0 Å². The lowest BCUT2D eigenvalue weighted by Crippen LogP contribution is -2.40. The lowest BCUT2D eigenvalue weighted by Gasteiger charge is -2.30. The third kappa shape index (κ3) is 4.05. The highest BCUT2D eigenvalue weighted by molar-refractivity contribution is 5.20. The summed E-state index contributed by atoms with van der Waals surface area (Å²) in [6.45, 7) is 7.65. The van der Waals surface area contributed by atoms with Gasteiger partial charge in [-0.15, -0.1) is 0 Å². The number of hydrogen-bond donors (Lipinski definition) is 1. The van der Waals surface area contributed by atoms with E-state index in [1.807, 2.05) is 0 Å². The molecule has 0 aliphatic carbocycles. The molecule has 1 aliphatic rings. The van der Waals surface area contributed by atoms with Crippen LogP contribution in [0.2, 0.25) is 0 Å². The van der Waals surface area contributed by atoms with Crippen molar-refractivity contribution in [1.82, 2.24) is 9.80 Å². The van der Waals surface area contributed by atoms with Crippen LogP contribution >= 0.6 is 0 Å². The number of likely N-dealkylation sites (N-methyl/N-ethyl adjacent to an activating group) is 2. The van der Waals surface area contributed by atoms with Gasteiger partial charge in [-0.05, 0) is 38.5 Å². The van der Waals surface area contributed by atoms with Gasteiger partial charge in [0.1, 0.15) is 0 Å². The van der Waals surface area contributed by atoms with Gasteiger partial charge in [0, 0.05) is 31.6 Å². The first-order chi connectivity index (χ1) is 9.74. The maximum absolute atomic E-state index is 5.98. The van der Waals surface area contributed by atoms with E-state index in [1.165, 1.54) is 31.5 Å². The Kier molecular flexibility index (Phi) is 6.02. The highest BCUT2D eigenvalue weighted by Gasteiger charge is 2.24. The van der Waals surface area contributed by atoms with Gasteiger partial charge in [-0.25, -0.2) is 0 Å². The minimum absolute atomic E-state index is 0.442. The van der Waals surface area contributed by atoms with Gasteiger partial charge < -0.3 is 10.6 Å². The second-order valence-corrected chi connectivity index (χ2v) is 5.99. The fraction of sp³-hybridized carbons (Fsp3) is 0.647. The van der Waals surface area contributed by atoms with Crippen LogP contribution in [0.5, 0.6) is 0 Å². The van der Waals surface area contributed by atoms with Crippen LogP contribution < -0.4 is 5.73 Å². The smallest absolute Gasteiger partial charge is 0.0223 e. The Labute approximate surface area is 123 Å². The van der Waals surface area contributed by atoms with E-state index in [0.717, 1.165) is 25.7 Å². The number of benzene rings is 1. The number of nitrogens with two attached hydrogens (primary N) is 1. The van der Waals surface area contributed by atoms with Crippen molar-refractivity contribution in [2.75, 3.05) is 39.8 Å². The Morgan fingerprint density at radius 1 is 1.35 bits per heavy atom. The predicted octanol–water partition coefficient (Wildman–Crippen LogP) is 2.15. The topological polar surface area (TPSA) is 32.5 Å². The Balaban J connectivity index is 1.88. The van der Waals surface area contributed by atoms with Crippen LogP contribution in [0.15, 0.2) is 30.3 Å². The van der Waals surface area contributed by atoms with Gasteiger partial charge >= 0.3 is 0 Å². The molecule has 3 heteroatoms. The number of hydrogen-bond acceptors (Lipinski definition) is 3. The Hall–Kier alpha value is -0.900. The molecule has 1 heterocycles. The summed E-state index contributed by atoms with van der Waals surface area (Å²) in [5.74, 6) is 0.442.